The van der Waals surface area contributed by atoms with Crippen molar-refractivity contribution < 1.29 is 14.6 Å². The average molecular weight is 420 g/mol. The molecule has 1 unspecified atom stereocenters. The first-order valence-electron chi connectivity index (χ1n) is 9.11. The van der Waals surface area contributed by atoms with E-state index >= 15 is 0 Å². The van der Waals surface area contributed by atoms with Crippen LogP contribution in [0.4, 0.5) is 0 Å². The van der Waals surface area contributed by atoms with E-state index in [0.29, 0.717) is 22.3 Å². The molecule has 0 radical (unpaired) electrons. The van der Waals surface area contributed by atoms with E-state index in [1.165, 1.54) is 23.4 Å². The molecule has 3 rings (SSSR count). The van der Waals surface area contributed by atoms with Gasteiger partial charge in [-0.25, -0.2) is 9.78 Å². The lowest BCUT2D eigenvalue weighted by molar-refractivity contribution is 0.0913. The summed E-state index contributed by atoms with van der Waals surface area (Å²) in [6.07, 6.45) is -0.882. The van der Waals surface area contributed by atoms with Gasteiger partial charge in [0.1, 0.15) is 24.2 Å². The molecule has 1 N–H and O–H groups in total. The van der Waals surface area contributed by atoms with E-state index in [1.54, 1.807) is 43.0 Å². The Balaban J connectivity index is 1.88. The average Bonchev–Trinajstić information content (AvgIpc) is 3.08. The highest BCUT2D eigenvalue weighted by atomic mass is 32.2. The summed E-state index contributed by atoms with van der Waals surface area (Å²) >= 11 is 1.44. The molecule has 0 aliphatic carbocycles. The second kappa shape index (κ2) is 8.75. The molecule has 0 amide bonds. The number of methoxy groups -OCH3 is 1. The van der Waals surface area contributed by atoms with Crippen molar-refractivity contribution in [2.45, 2.75) is 24.7 Å². The number of aryl methyl sites for hydroxylation is 1. The minimum atomic E-state index is -0.882. The van der Waals surface area contributed by atoms with Gasteiger partial charge in [0.05, 0.1) is 13.7 Å². The van der Waals surface area contributed by atoms with Crippen LogP contribution in [0, 0.1) is 0 Å². The summed E-state index contributed by atoms with van der Waals surface area (Å²) in [6.45, 7) is 2.12. The summed E-state index contributed by atoms with van der Waals surface area (Å²) in [4.78, 5) is 29.4. The molecule has 0 aliphatic heterocycles. The molecular weight excluding hydrogens is 396 g/mol. The van der Waals surface area contributed by atoms with Gasteiger partial charge in [-0.2, -0.15) is 0 Å². The number of hydrogen-bond acceptors (Lipinski definition) is 7. The molecule has 0 fully saturated rings. The summed E-state index contributed by atoms with van der Waals surface area (Å²) in [5, 5.41) is 11.1. The van der Waals surface area contributed by atoms with Gasteiger partial charge >= 0.3 is 5.69 Å². The van der Waals surface area contributed by atoms with Crippen molar-refractivity contribution >= 4 is 22.9 Å². The van der Waals surface area contributed by atoms with Crippen LogP contribution < -0.4 is 20.7 Å². The van der Waals surface area contributed by atoms with Gasteiger partial charge in [0.25, 0.3) is 5.56 Å². The summed E-state index contributed by atoms with van der Waals surface area (Å²) < 4.78 is 14.8. The number of imidazole rings is 1. The van der Waals surface area contributed by atoms with Crippen LogP contribution in [-0.2, 0) is 20.6 Å². The number of nitrogens with zero attached hydrogens (tertiary/aromatic N) is 4. The van der Waals surface area contributed by atoms with Crippen molar-refractivity contribution in [2.24, 2.45) is 14.1 Å². The van der Waals surface area contributed by atoms with Gasteiger partial charge in [0.15, 0.2) is 16.3 Å². The summed E-state index contributed by atoms with van der Waals surface area (Å²) in [5.74, 6) is 2.04. The Morgan fingerprint density at radius 2 is 1.79 bits per heavy atom. The van der Waals surface area contributed by atoms with Crippen LogP contribution in [0.25, 0.3) is 11.2 Å². The highest BCUT2D eigenvalue weighted by molar-refractivity contribution is 7.99. The molecule has 2 heterocycles. The molecule has 9 nitrogen and oxygen atoms in total. The maximum atomic E-state index is 12.7. The number of aromatic nitrogens is 4. The third kappa shape index (κ3) is 4.18. The molecule has 0 bridgehead atoms. The van der Waals surface area contributed by atoms with Gasteiger partial charge in [-0.05, 0) is 30.0 Å². The first-order valence-corrected chi connectivity index (χ1v) is 10.1. The predicted octanol–water partition coefficient (Wildman–Crippen LogP) is 0.994. The lowest BCUT2D eigenvalue weighted by Crippen LogP contribution is -2.38. The normalized spacial score (nSPS) is 12.3. The number of aliphatic hydroxyl groups excluding tert-OH is 1. The summed E-state index contributed by atoms with van der Waals surface area (Å²) in [7, 11) is 4.59. The molecule has 3 aromatic rings. The zero-order valence-electron chi connectivity index (χ0n) is 16.8. The third-order valence-electron chi connectivity index (χ3n) is 4.48. The van der Waals surface area contributed by atoms with E-state index in [-0.39, 0.29) is 18.7 Å². The molecular formula is C19H24N4O5S. The van der Waals surface area contributed by atoms with Crippen LogP contribution in [0.3, 0.4) is 0 Å². The Bertz CT molecular complexity index is 1120. The SMILES string of the molecule is CCSc1nc2c(c(=O)n(C)c(=O)n2C)n1CC(O)COc1ccc(OC)cc1. The van der Waals surface area contributed by atoms with E-state index in [0.717, 1.165) is 10.3 Å². The van der Waals surface area contributed by atoms with Crippen LogP contribution >= 0.6 is 11.8 Å². The lowest BCUT2D eigenvalue weighted by Gasteiger charge is -2.15. The maximum absolute atomic E-state index is 12.7. The number of rotatable bonds is 8. The minimum absolute atomic E-state index is 0.0360. The van der Waals surface area contributed by atoms with Crippen molar-refractivity contribution in [3.05, 3.63) is 45.1 Å². The Labute approximate surface area is 171 Å². The quantitative estimate of drug-likeness (QED) is 0.543. The number of thioether (sulfide) groups is 1. The Hall–Kier alpha value is -2.72. The number of benzene rings is 1. The monoisotopic (exact) mass is 420 g/mol. The van der Waals surface area contributed by atoms with Crippen molar-refractivity contribution in [1.82, 2.24) is 18.7 Å². The number of ether oxygens (including phenoxy) is 2. The van der Waals surface area contributed by atoms with Gasteiger partial charge in [-0.15, -0.1) is 0 Å². The van der Waals surface area contributed by atoms with E-state index < -0.39 is 17.4 Å². The van der Waals surface area contributed by atoms with E-state index in [9.17, 15) is 14.7 Å². The van der Waals surface area contributed by atoms with Gasteiger partial charge in [0.2, 0.25) is 0 Å². The van der Waals surface area contributed by atoms with Crippen molar-refractivity contribution in [1.29, 1.82) is 0 Å². The van der Waals surface area contributed by atoms with Gasteiger partial charge in [-0.3, -0.25) is 13.9 Å². The molecule has 1 atom stereocenters. The second-order valence-corrected chi connectivity index (χ2v) is 7.69. The van der Waals surface area contributed by atoms with Crippen molar-refractivity contribution in [3.63, 3.8) is 0 Å². The third-order valence-corrected chi connectivity index (χ3v) is 5.34. The van der Waals surface area contributed by atoms with Crippen LogP contribution in [0.5, 0.6) is 11.5 Å². The molecule has 10 heteroatoms. The van der Waals surface area contributed by atoms with E-state index in [2.05, 4.69) is 4.98 Å². The Morgan fingerprint density at radius 3 is 2.41 bits per heavy atom. The van der Waals surface area contributed by atoms with Crippen molar-refractivity contribution in [3.8, 4) is 11.5 Å². The van der Waals surface area contributed by atoms with Crippen LogP contribution in [0.15, 0.2) is 39.0 Å². The molecule has 156 valence electrons. The molecule has 0 saturated carbocycles. The fraction of sp³-hybridized carbons (Fsp3) is 0.421. The van der Waals surface area contributed by atoms with Crippen LogP contribution in [0.2, 0.25) is 0 Å². The van der Waals surface area contributed by atoms with Crippen molar-refractivity contribution in [2.75, 3.05) is 19.5 Å². The molecule has 0 spiro atoms. The smallest absolute Gasteiger partial charge is 0.332 e. The van der Waals surface area contributed by atoms with Gasteiger partial charge in [0, 0.05) is 14.1 Å². The minimum Gasteiger partial charge on any atom is -0.497 e. The summed E-state index contributed by atoms with van der Waals surface area (Å²) in [5.41, 5.74) is -0.295. The number of hydrogen-bond donors (Lipinski definition) is 1. The summed E-state index contributed by atoms with van der Waals surface area (Å²) in [6, 6.07) is 7.04. The second-order valence-electron chi connectivity index (χ2n) is 6.46. The fourth-order valence-corrected chi connectivity index (χ4v) is 3.69. The molecule has 29 heavy (non-hydrogen) atoms. The van der Waals surface area contributed by atoms with E-state index in [1.807, 2.05) is 6.92 Å². The first-order chi connectivity index (χ1) is 13.9. The number of aliphatic hydroxyl groups is 1. The fourth-order valence-electron chi connectivity index (χ4n) is 2.96. The van der Waals surface area contributed by atoms with Gasteiger partial charge < -0.3 is 19.1 Å². The molecule has 1 aromatic carbocycles. The Kier molecular flexibility index (Phi) is 6.33. The standard InChI is InChI=1S/C19H24N4O5S/c1-5-29-18-20-16-15(17(25)22(3)19(26)21(16)2)23(18)10-12(24)11-28-14-8-6-13(27-4)7-9-14/h6-9,12,24H,5,10-11H2,1-4H3. The van der Waals surface area contributed by atoms with Crippen LogP contribution in [-0.4, -0.2) is 49.4 Å². The first kappa shape index (κ1) is 21.0. The topological polar surface area (TPSA) is 101 Å². The highest BCUT2D eigenvalue weighted by Crippen LogP contribution is 2.22. The molecule has 0 aliphatic rings. The van der Waals surface area contributed by atoms with Gasteiger partial charge in [-0.1, -0.05) is 18.7 Å². The largest absolute Gasteiger partial charge is 0.497 e. The van der Waals surface area contributed by atoms with Crippen LogP contribution in [0.1, 0.15) is 6.92 Å². The zero-order chi connectivity index (χ0) is 21.1. The maximum Gasteiger partial charge on any atom is 0.332 e. The van der Waals surface area contributed by atoms with E-state index in [4.69, 9.17) is 9.47 Å². The molecule has 0 saturated heterocycles. The zero-order valence-corrected chi connectivity index (χ0v) is 17.6. The number of fused-ring (bicyclic) bond motifs is 1. The molecule has 2 aromatic heterocycles. The lowest BCUT2D eigenvalue weighted by atomic mass is 10.3. The Morgan fingerprint density at radius 1 is 1.14 bits per heavy atom. The highest BCUT2D eigenvalue weighted by Gasteiger charge is 2.21. The predicted molar refractivity (Wildman–Crippen MR) is 111 cm³/mol.